The second-order valence-corrected chi connectivity index (χ2v) is 5.27. The van der Waals surface area contributed by atoms with Crippen molar-refractivity contribution in [1.29, 1.82) is 0 Å². The third-order valence-electron chi connectivity index (χ3n) is 2.48. The standard InChI is InChI=1S/C12H13ClFN3S/c1-7(2)6-17-11(15-16-12(17)18)9-4-3-8(14)5-10(9)13/h3-5,7H,6H2,1-2H3,(H,16,18). The highest BCUT2D eigenvalue weighted by molar-refractivity contribution is 7.71. The number of nitrogens with one attached hydrogen (secondary N) is 1. The van der Waals surface area contributed by atoms with Crippen LogP contribution in [0.5, 0.6) is 0 Å². The minimum Gasteiger partial charge on any atom is -0.300 e. The van der Waals surface area contributed by atoms with Gasteiger partial charge in [-0.1, -0.05) is 25.4 Å². The van der Waals surface area contributed by atoms with Gasteiger partial charge < -0.3 is 0 Å². The zero-order valence-corrected chi connectivity index (χ0v) is 11.6. The van der Waals surface area contributed by atoms with Crippen LogP contribution in [0.1, 0.15) is 13.8 Å². The summed E-state index contributed by atoms with van der Waals surface area (Å²) < 4.78 is 15.5. The minimum absolute atomic E-state index is 0.328. The zero-order valence-electron chi connectivity index (χ0n) is 10.1. The molecule has 0 saturated heterocycles. The van der Waals surface area contributed by atoms with Crippen molar-refractivity contribution in [3.8, 4) is 11.4 Å². The lowest BCUT2D eigenvalue weighted by Gasteiger charge is -2.10. The largest absolute Gasteiger partial charge is 0.300 e. The highest BCUT2D eigenvalue weighted by Crippen LogP contribution is 2.27. The van der Waals surface area contributed by atoms with E-state index in [1.165, 1.54) is 12.1 Å². The Kier molecular flexibility index (Phi) is 3.82. The monoisotopic (exact) mass is 285 g/mol. The molecule has 2 rings (SSSR count). The van der Waals surface area contributed by atoms with Gasteiger partial charge in [0.25, 0.3) is 0 Å². The molecule has 0 saturated carbocycles. The van der Waals surface area contributed by atoms with Gasteiger partial charge in [-0.15, -0.1) is 0 Å². The highest BCUT2D eigenvalue weighted by Gasteiger charge is 2.13. The molecule has 1 N–H and O–H groups in total. The van der Waals surface area contributed by atoms with Crippen LogP contribution in [0, 0.1) is 16.5 Å². The number of hydrogen-bond donors (Lipinski definition) is 1. The second-order valence-electron chi connectivity index (χ2n) is 4.48. The van der Waals surface area contributed by atoms with Gasteiger partial charge in [0.05, 0.1) is 5.02 Å². The fraction of sp³-hybridized carbons (Fsp3) is 0.333. The fourth-order valence-electron chi connectivity index (χ4n) is 1.73. The van der Waals surface area contributed by atoms with E-state index < -0.39 is 0 Å². The van der Waals surface area contributed by atoms with Gasteiger partial charge in [-0.25, -0.2) is 4.39 Å². The molecule has 0 fully saturated rings. The summed E-state index contributed by atoms with van der Waals surface area (Å²) in [6.07, 6.45) is 0. The van der Waals surface area contributed by atoms with Crippen LogP contribution in [-0.4, -0.2) is 14.8 Å². The Balaban J connectivity index is 2.54. The molecule has 3 nitrogen and oxygen atoms in total. The zero-order chi connectivity index (χ0) is 13.3. The third-order valence-corrected chi connectivity index (χ3v) is 3.10. The van der Waals surface area contributed by atoms with E-state index in [4.69, 9.17) is 23.8 Å². The molecule has 0 aliphatic heterocycles. The molecule has 1 aromatic heterocycles. The molecule has 0 amide bonds. The maximum Gasteiger partial charge on any atom is 0.195 e. The normalized spacial score (nSPS) is 11.2. The van der Waals surface area contributed by atoms with Crippen LogP contribution in [0.15, 0.2) is 18.2 Å². The first kappa shape index (κ1) is 13.2. The minimum atomic E-state index is -0.367. The Morgan fingerprint density at radius 2 is 2.22 bits per heavy atom. The van der Waals surface area contributed by atoms with Gasteiger partial charge >= 0.3 is 0 Å². The van der Waals surface area contributed by atoms with Crippen LogP contribution >= 0.6 is 23.8 Å². The molecule has 18 heavy (non-hydrogen) atoms. The van der Waals surface area contributed by atoms with Crippen LogP contribution in [0.3, 0.4) is 0 Å². The third kappa shape index (κ3) is 2.62. The average Bonchev–Trinajstić information content (AvgIpc) is 2.60. The quantitative estimate of drug-likeness (QED) is 0.863. The lowest BCUT2D eigenvalue weighted by Crippen LogP contribution is -2.06. The summed E-state index contributed by atoms with van der Waals surface area (Å²) in [5.74, 6) is 0.694. The Labute approximate surface area is 115 Å². The van der Waals surface area contributed by atoms with Crippen molar-refractivity contribution in [2.24, 2.45) is 5.92 Å². The van der Waals surface area contributed by atoms with Gasteiger partial charge in [-0.2, -0.15) is 5.10 Å². The second kappa shape index (κ2) is 5.20. The number of aromatic amines is 1. The van der Waals surface area contributed by atoms with E-state index in [2.05, 4.69) is 24.0 Å². The number of H-pyrrole nitrogens is 1. The Bertz CT molecular complexity index is 618. The van der Waals surface area contributed by atoms with Gasteiger partial charge in [-0.3, -0.25) is 9.67 Å². The van der Waals surface area contributed by atoms with Gasteiger partial charge in [0.1, 0.15) is 5.82 Å². The maximum absolute atomic E-state index is 13.0. The highest BCUT2D eigenvalue weighted by atomic mass is 35.5. The molecular weight excluding hydrogens is 273 g/mol. The van der Waals surface area contributed by atoms with Crippen LogP contribution in [0.4, 0.5) is 4.39 Å². The summed E-state index contributed by atoms with van der Waals surface area (Å²) in [6, 6.07) is 4.24. The summed E-state index contributed by atoms with van der Waals surface area (Å²) >= 11 is 11.2. The van der Waals surface area contributed by atoms with Crippen LogP contribution in [0.25, 0.3) is 11.4 Å². The Hall–Kier alpha value is -1.20. The molecule has 96 valence electrons. The number of nitrogens with zero attached hydrogens (tertiary/aromatic N) is 2. The molecule has 0 atom stereocenters. The van der Waals surface area contributed by atoms with Crippen molar-refractivity contribution in [2.75, 3.05) is 0 Å². The Morgan fingerprint density at radius 1 is 1.50 bits per heavy atom. The van der Waals surface area contributed by atoms with E-state index >= 15 is 0 Å². The molecule has 0 radical (unpaired) electrons. The molecule has 6 heteroatoms. The fourth-order valence-corrected chi connectivity index (χ4v) is 2.19. The van der Waals surface area contributed by atoms with Crippen molar-refractivity contribution in [1.82, 2.24) is 14.8 Å². The number of hydrogen-bond acceptors (Lipinski definition) is 2. The van der Waals surface area contributed by atoms with Crippen molar-refractivity contribution >= 4 is 23.8 Å². The summed E-state index contributed by atoms with van der Waals surface area (Å²) in [5.41, 5.74) is 0.672. The van der Waals surface area contributed by atoms with E-state index in [0.717, 1.165) is 6.54 Å². The predicted octanol–water partition coefficient (Wildman–Crippen LogP) is 4.06. The van der Waals surface area contributed by atoms with Crippen molar-refractivity contribution in [3.05, 3.63) is 33.8 Å². The average molecular weight is 286 g/mol. The molecule has 1 aromatic carbocycles. The molecule has 0 spiro atoms. The summed E-state index contributed by atoms with van der Waals surface area (Å²) in [6.45, 7) is 4.91. The molecule has 2 aromatic rings. The first-order chi connectivity index (χ1) is 8.49. The first-order valence-corrected chi connectivity index (χ1v) is 6.38. The van der Waals surface area contributed by atoms with Gasteiger partial charge in [0, 0.05) is 12.1 Å². The van der Waals surface area contributed by atoms with Gasteiger partial charge in [0.2, 0.25) is 0 Å². The van der Waals surface area contributed by atoms with E-state index in [0.29, 0.717) is 27.1 Å². The molecule has 0 unspecified atom stereocenters. The lowest BCUT2D eigenvalue weighted by atomic mass is 10.2. The van der Waals surface area contributed by atoms with Crippen LogP contribution in [0.2, 0.25) is 5.02 Å². The number of benzene rings is 1. The summed E-state index contributed by atoms with van der Waals surface area (Å²) in [5, 5.41) is 7.24. The van der Waals surface area contributed by atoms with Gasteiger partial charge in [0.15, 0.2) is 10.6 Å². The molecule has 0 bridgehead atoms. The van der Waals surface area contributed by atoms with E-state index in [9.17, 15) is 4.39 Å². The smallest absolute Gasteiger partial charge is 0.195 e. The lowest BCUT2D eigenvalue weighted by molar-refractivity contribution is 0.521. The molecular formula is C12H13ClFN3S. The maximum atomic E-state index is 13.0. The molecule has 1 heterocycles. The molecule has 0 aliphatic carbocycles. The van der Waals surface area contributed by atoms with Crippen molar-refractivity contribution < 1.29 is 4.39 Å². The Morgan fingerprint density at radius 3 is 2.83 bits per heavy atom. The van der Waals surface area contributed by atoms with E-state index in [1.54, 1.807) is 6.07 Å². The topological polar surface area (TPSA) is 33.6 Å². The number of aromatic nitrogens is 3. The SMILES string of the molecule is CC(C)Cn1c(-c2ccc(F)cc2Cl)n[nH]c1=S. The predicted molar refractivity (Wildman–Crippen MR) is 72.7 cm³/mol. The number of rotatable bonds is 3. The van der Waals surface area contributed by atoms with Gasteiger partial charge in [-0.05, 0) is 36.3 Å². The summed E-state index contributed by atoms with van der Waals surface area (Å²) in [4.78, 5) is 0. The van der Waals surface area contributed by atoms with E-state index in [-0.39, 0.29) is 5.82 Å². The molecule has 0 aliphatic rings. The van der Waals surface area contributed by atoms with Crippen molar-refractivity contribution in [3.63, 3.8) is 0 Å². The van der Waals surface area contributed by atoms with Crippen LogP contribution in [-0.2, 0) is 6.54 Å². The van der Waals surface area contributed by atoms with E-state index in [1.807, 2.05) is 4.57 Å². The van der Waals surface area contributed by atoms with Crippen molar-refractivity contribution in [2.45, 2.75) is 20.4 Å². The number of halogens is 2. The summed E-state index contributed by atoms with van der Waals surface area (Å²) in [7, 11) is 0. The first-order valence-electron chi connectivity index (χ1n) is 5.59. The van der Waals surface area contributed by atoms with Crippen LogP contribution < -0.4 is 0 Å².